The number of rotatable bonds is 3. The summed E-state index contributed by atoms with van der Waals surface area (Å²) in [7, 11) is 0. The molecule has 0 saturated carbocycles. The molecule has 1 N–H and O–H groups in total. The lowest BCUT2D eigenvalue weighted by Gasteiger charge is -2.35. The first-order valence-electron chi connectivity index (χ1n) is 10.6. The number of halogens is 1. The fraction of sp³-hybridized carbons (Fsp3) is 0.381. The van der Waals surface area contributed by atoms with Crippen LogP contribution in [0.4, 0.5) is 10.1 Å². The van der Waals surface area contributed by atoms with E-state index in [1.54, 1.807) is 12.3 Å². The van der Waals surface area contributed by atoms with E-state index < -0.39 is 5.82 Å². The van der Waals surface area contributed by atoms with E-state index in [0.717, 1.165) is 48.8 Å². The average Bonchev–Trinajstić information content (AvgIpc) is 3.53. The van der Waals surface area contributed by atoms with Gasteiger partial charge in [0.25, 0.3) is 0 Å². The molecule has 2 aliphatic rings. The zero-order valence-electron chi connectivity index (χ0n) is 17.5. The topological polar surface area (TPSA) is 107 Å². The Morgan fingerprint density at radius 2 is 2.19 bits per heavy atom. The van der Waals surface area contributed by atoms with Crippen LogP contribution in [-0.4, -0.2) is 52.8 Å². The lowest BCUT2D eigenvalue weighted by atomic mass is 10.0. The molecule has 0 unspecified atom stereocenters. The lowest BCUT2D eigenvalue weighted by Crippen LogP contribution is -2.37. The molecule has 0 bridgehead atoms. The van der Waals surface area contributed by atoms with Crippen molar-refractivity contribution in [1.82, 2.24) is 39.7 Å². The van der Waals surface area contributed by atoms with E-state index >= 15 is 0 Å². The minimum Gasteiger partial charge on any atom is -0.362 e. The van der Waals surface area contributed by atoms with E-state index in [9.17, 15) is 9.65 Å². The monoisotopic (exact) mass is 432 g/mol. The van der Waals surface area contributed by atoms with Gasteiger partial charge in [0, 0.05) is 38.2 Å². The molecule has 6 rings (SSSR count). The summed E-state index contributed by atoms with van der Waals surface area (Å²) in [5.41, 5.74) is 5.85. The highest BCUT2D eigenvalue weighted by molar-refractivity contribution is 5.75. The Kier molecular flexibility index (Phi) is 4.22. The Hall–Kier alpha value is -3.78. The van der Waals surface area contributed by atoms with Gasteiger partial charge in [-0.3, -0.25) is 9.58 Å². The molecule has 4 aromatic heterocycles. The van der Waals surface area contributed by atoms with Crippen molar-refractivity contribution in [2.45, 2.75) is 39.0 Å². The number of hydrogen-bond acceptors (Lipinski definition) is 7. The van der Waals surface area contributed by atoms with E-state index in [1.807, 2.05) is 6.07 Å². The maximum Gasteiger partial charge on any atom is 0.171 e. The summed E-state index contributed by atoms with van der Waals surface area (Å²) in [6.45, 7) is 5.90. The summed E-state index contributed by atoms with van der Waals surface area (Å²) in [5, 5.41) is 29.1. The van der Waals surface area contributed by atoms with Crippen molar-refractivity contribution < 1.29 is 4.39 Å². The molecule has 11 heteroatoms. The van der Waals surface area contributed by atoms with Crippen LogP contribution in [0.3, 0.4) is 0 Å². The van der Waals surface area contributed by atoms with Crippen molar-refractivity contribution in [2.75, 3.05) is 18.0 Å². The van der Waals surface area contributed by atoms with E-state index in [4.69, 9.17) is 5.10 Å². The first kappa shape index (κ1) is 18.9. The van der Waals surface area contributed by atoms with Crippen LogP contribution in [0.5, 0.6) is 0 Å². The fourth-order valence-electron chi connectivity index (χ4n) is 4.92. The molecule has 0 saturated heterocycles. The summed E-state index contributed by atoms with van der Waals surface area (Å²) in [6.07, 6.45) is 3.81. The molecule has 10 nitrogen and oxygen atoms in total. The Balaban J connectivity index is 1.36. The molecule has 0 aliphatic carbocycles. The number of nitriles is 1. The highest BCUT2D eigenvalue weighted by atomic mass is 19.1. The van der Waals surface area contributed by atoms with Gasteiger partial charge in [0.2, 0.25) is 0 Å². The van der Waals surface area contributed by atoms with Crippen LogP contribution in [0.2, 0.25) is 0 Å². The molecule has 162 valence electrons. The second-order valence-electron chi connectivity index (χ2n) is 8.44. The van der Waals surface area contributed by atoms with Crippen LogP contribution in [0.25, 0.3) is 5.52 Å². The summed E-state index contributed by atoms with van der Waals surface area (Å²) in [5.74, 6) is -0.426. The van der Waals surface area contributed by atoms with Crippen LogP contribution in [0, 0.1) is 17.1 Å². The Bertz CT molecular complexity index is 1350. The van der Waals surface area contributed by atoms with Gasteiger partial charge in [0.15, 0.2) is 5.82 Å². The second-order valence-corrected chi connectivity index (χ2v) is 8.44. The van der Waals surface area contributed by atoms with Gasteiger partial charge < -0.3 is 4.90 Å². The number of pyridine rings is 1. The number of H-pyrrole nitrogens is 1. The molecule has 1 atom stereocenters. The third-order valence-electron chi connectivity index (χ3n) is 6.39. The maximum atomic E-state index is 14.7. The van der Waals surface area contributed by atoms with Gasteiger partial charge in [-0.1, -0.05) is 0 Å². The minimum absolute atomic E-state index is 0.134. The van der Waals surface area contributed by atoms with E-state index in [2.05, 4.69) is 48.0 Å². The van der Waals surface area contributed by atoms with Crippen LogP contribution >= 0.6 is 0 Å². The first-order valence-corrected chi connectivity index (χ1v) is 10.6. The SMILES string of the molecule is C[C@@H]1CN(c2ccc(C#N)n3ncc(F)c23)Cc2c3c(nn21)CCN(Cc1cn[nH]n1)C3. The average molecular weight is 432 g/mol. The molecular weight excluding hydrogens is 411 g/mol. The third kappa shape index (κ3) is 2.87. The van der Waals surface area contributed by atoms with Crippen molar-refractivity contribution in [3.8, 4) is 6.07 Å². The normalized spacial score (nSPS) is 18.5. The Morgan fingerprint density at radius 1 is 1.28 bits per heavy atom. The predicted molar refractivity (Wildman–Crippen MR) is 112 cm³/mol. The van der Waals surface area contributed by atoms with E-state index in [0.29, 0.717) is 24.3 Å². The number of aromatic nitrogens is 7. The van der Waals surface area contributed by atoms with E-state index in [1.165, 1.54) is 16.3 Å². The van der Waals surface area contributed by atoms with Crippen LogP contribution in [0.1, 0.15) is 41.3 Å². The number of hydrogen-bond donors (Lipinski definition) is 1. The molecule has 2 aliphatic heterocycles. The zero-order valence-corrected chi connectivity index (χ0v) is 17.5. The smallest absolute Gasteiger partial charge is 0.171 e. The van der Waals surface area contributed by atoms with Crippen molar-refractivity contribution in [3.05, 3.63) is 58.7 Å². The van der Waals surface area contributed by atoms with Gasteiger partial charge in [-0.2, -0.15) is 30.9 Å². The number of aromatic amines is 1. The van der Waals surface area contributed by atoms with Crippen LogP contribution in [-0.2, 0) is 26.1 Å². The Morgan fingerprint density at radius 3 is 3.00 bits per heavy atom. The number of fused-ring (bicyclic) bond motifs is 4. The maximum absolute atomic E-state index is 14.7. The molecule has 0 fully saturated rings. The second kappa shape index (κ2) is 7.13. The van der Waals surface area contributed by atoms with Gasteiger partial charge in [0.1, 0.15) is 17.3 Å². The summed E-state index contributed by atoms with van der Waals surface area (Å²) in [4.78, 5) is 4.52. The molecule has 4 aromatic rings. The molecule has 6 heterocycles. The number of nitrogens with zero attached hydrogens (tertiary/aromatic N) is 9. The molecule has 0 spiro atoms. The summed E-state index contributed by atoms with van der Waals surface area (Å²) >= 11 is 0. The van der Waals surface area contributed by atoms with Gasteiger partial charge in [0.05, 0.1) is 47.7 Å². The van der Waals surface area contributed by atoms with Crippen LogP contribution < -0.4 is 4.90 Å². The van der Waals surface area contributed by atoms with Gasteiger partial charge in [-0.05, 0) is 19.1 Å². The standard InChI is InChI=1S/C21H21FN10/c1-13-9-30(19-3-2-15(6-23)32-21(19)17(22)8-25-32)12-20-16-11-29(10-14-7-24-28-26-14)5-4-18(16)27-31(13)20/h2-3,7-8,13H,4-5,9-12H2,1H3,(H,24,26,28)/t13-/m1/s1. The summed E-state index contributed by atoms with van der Waals surface area (Å²) in [6, 6.07) is 5.73. The highest BCUT2D eigenvalue weighted by Gasteiger charge is 2.32. The lowest BCUT2D eigenvalue weighted by molar-refractivity contribution is 0.241. The highest BCUT2D eigenvalue weighted by Crippen LogP contribution is 2.34. The van der Waals surface area contributed by atoms with Crippen molar-refractivity contribution in [3.63, 3.8) is 0 Å². The molecule has 32 heavy (non-hydrogen) atoms. The minimum atomic E-state index is -0.426. The largest absolute Gasteiger partial charge is 0.362 e. The predicted octanol–water partition coefficient (Wildman–Crippen LogP) is 1.80. The van der Waals surface area contributed by atoms with Gasteiger partial charge in [-0.15, -0.1) is 0 Å². The third-order valence-corrected chi connectivity index (χ3v) is 6.39. The van der Waals surface area contributed by atoms with Crippen LogP contribution in [0.15, 0.2) is 24.5 Å². The molecule has 0 aromatic carbocycles. The Labute approximate surface area is 182 Å². The van der Waals surface area contributed by atoms with Gasteiger partial charge >= 0.3 is 0 Å². The van der Waals surface area contributed by atoms with Crippen molar-refractivity contribution in [2.24, 2.45) is 0 Å². The molecular formula is C21H21FN10. The van der Waals surface area contributed by atoms with E-state index in [-0.39, 0.29) is 6.04 Å². The first-order chi connectivity index (χ1) is 15.6. The van der Waals surface area contributed by atoms with Gasteiger partial charge in [-0.25, -0.2) is 8.91 Å². The molecule has 0 amide bonds. The fourth-order valence-corrected chi connectivity index (χ4v) is 4.92. The quantitative estimate of drug-likeness (QED) is 0.526. The number of anilines is 1. The summed E-state index contributed by atoms with van der Waals surface area (Å²) < 4.78 is 18.2. The van der Waals surface area contributed by atoms with Crippen molar-refractivity contribution in [1.29, 1.82) is 5.26 Å². The number of nitrogens with one attached hydrogen (secondary N) is 1. The zero-order chi connectivity index (χ0) is 21.8. The van der Waals surface area contributed by atoms with Crippen molar-refractivity contribution >= 4 is 11.2 Å². The molecule has 0 radical (unpaired) electrons.